The van der Waals surface area contributed by atoms with Gasteiger partial charge < -0.3 is 33.7 Å². The Kier molecular flexibility index (Phi) is 16.2. The van der Waals surface area contributed by atoms with Gasteiger partial charge in [0.05, 0.1) is 44.9 Å². The summed E-state index contributed by atoms with van der Waals surface area (Å²) >= 11 is 12.0. The van der Waals surface area contributed by atoms with E-state index in [2.05, 4.69) is 84.9 Å². The second-order valence-corrected chi connectivity index (χ2v) is 31.0. The fourth-order valence-corrected chi connectivity index (χ4v) is 12.7. The Hall–Kier alpha value is -1.49. The van der Waals surface area contributed by atoms with Crippen LogP contribution < -0.4 is 10.6 Å². The number of halogens is 2. The summed E-state index contributed by atoms with van der Waals surface area (Å²) in [6.07, 6.45) is 10.6. The molecule has 0 aromatic carbocycles. The van der Waals surface area contributed by atoms with E-state index in [-0.39, 0.29) is 33.7 Å². The molecule has 7 atom stereocenters. The highest BCUT2D eigenvalue weighted by atomic mass is 35.5. The maximum absolute atomic E-state index is 13.5. The normalized spacial score (nSPS) is 30.6. The van der Waals surface area contributed by atoms with Gasteiger partial charge >= 0.3 is 11.9 Å². The third-order valence-corrected chi connectivity index (χ3v) is 24.5. The van der Waals surface area contributed by atoms with E-state index in [0.717, 1.165) is 51.4 Å². The average Bonchev–Trinajstić information content (AvgIpc) is 3.90. The van der Waals surface area contributed by atoms with Gasteiger partial charge in [0.25, 0.3) is 0 Å². The Morgan fingerprint density at radius 2 is 1.19 bits per heavy atom. The Balaban J connectivity index is 0.000000261. The molecule has 0 aromatic rings. The minimum atomic E-state index is -2.26. The minimum absolute atomic E-state index is 0.0310. The number of esters is 2. The molecular formula is C44H76Cl2N2O9Si2. The average molecular weight is 904 g/mol. The molecule has 5 rings (SSSR count). The smallest absolute Gasteiger partial charge is 0.338 e. The monoisotopic (exact) mass is 902 g/mol. The van der Waals surface area contributed by atoms with Crippen LogP contribution in [0.2, 0.25) is 36.3 Å². The van der Waals surface area contributed by atoms with Crippen LogP contribution >= 0.6 is 23.2 Å². The second kappa shape index (κ2) is 19.1. The van der Waals surface area contributed by atoms with Gasteiger partial charge in [0.15, 0.2) is 27.7 Å². The van der Waals surface area contributed by atoms with Crippen LogP contribution in [0.25, 0.3) is 0 Å². The van der Waals surface area contributed by atoms with Crippen LogP contribution in [0.5, 0.6) is 0 Å². The third-order valence-electron chi connectivity index (χ3n) is 15.2. The van der Waals surface area contributed by atoms with E-state index in [9.17, 15) is 19.2 Å². The van der Waals surface area contributed by atoms with Crippen molar-refractivity contribution in [3.63, 3.8) is 0 Å². The van der Waals surface area contributed by atoms with Gasteiger partial charge in [0.1, 0.15) is 5.60 Å². The highest BCUT2D eigenvalue weighted by Gasteiger charge is 2.80. The zero-order chi connectivity index (χ0) is 44.4. The number of nitrogens with one attached hydrogen (secondary N) is 2. The van der Waals surface area contributed by atoms with Crippen LogP contribution in [-0.4, -0.2) is 102 Å². The molecule has 3 heterocycles. The molecule has 15 heteroatoms. The van der Waals surface area contributed by atoms with Crippen LogP contribution in [0.15, 0.2) is 12.2 Å². The van der Waals surface area contributed by atoms with Gasteiger partial charge in [-0.2, -0.15) is 0 Å². The van der Waals surface area contributed by atoms with E-state index < -0.39 is 69.3 Å². The summed E-state index contributed by atoms with van der Waals surface area (Å²) in [6.45, 7) is 26.4. The van der Waals surface area contributed by atoms with Crippen molar-refractivity contribution in [2.24, 2.45) is 23.7 Å². The predicted molar refractivity (Wildman–Crippen MR) is 239 cm³/mol. The first kappa shape index (κ1) is 50.2. The second-order valence-electron chi connectivity index (χ2n) is 20.7. The Morgan fingerprint density at radius 1 is 0.746 bits per heavy atom. The van der Waals surface area contributed by atoms with Crippen molar-refractivity contribution in [2.45, 2.75) is 184 Å². The minimum Gasteiger partial charge on any atom is -0.467 e. The SMILES string of the molecule is C=C1[C@@H](CCCl)C(=O)N[C@]1(C(=O)OC)[C@@H](O[Si](C)(C)C(C)(C)C)C1CCCCC1.COC(=O)[C@]1([C@@H](O[Si](C)(C)C(C)(C)C)C2CCCCC2)NC(=O)[C@H](CCCl)[C@@]12CO2. The number of methoxy groups -OCH3 is 2. The highest BCUT2D eigenvalue weighted by Crippen LogP contribution is 2.57. The fraction of sp³-hybridized carbons (Fsp3) is 0.864. The van der Waals surface area contributed by atoms with E-state index in [1.54, 1.807) is 0 Å². The topological polar surface area (TPSA) is 142 Å². The summed E-state index contributed by atoms with van der Waals surface area (Å²) in [7, 11) is -1.76. The zero-order valence-electron chi connectivity index (χ0n) is 38.2. The van der Waals surface area contributed by atoms with Gasteiger partial charge in [-0.05, 0) is 92.2 Å². The van der Waals surface area contributed by atoms with E-state index in [1.165, 1.54) is 27.1 Å². The summed E-state index contributed by atoms with van der Waals surface area (Å²) < 4.78 is 30.5. The lowest BCUT2D eigenvalue weighted by Gasteiger charge is -2.49. The van der Waals surface area contributed by atoms with Crippen molar-refractivity contribution in [1.29, 1.82) is 0 Å². The van der Waals surface area contributed by atoms with Crippen LogP contribution in [0, 0.1) is 23.7 Å². The molecule has 3 aliphatic heterocycles. The van der Waals surface area contributed by atoms with Crippen LogP contribution in [0.4, 0.5) is 0 Å². The van der Waals surface area contributed by atoms with E-state index >= 15 is 0 Å². The number of amides is 2. The van der Waals surface area contributed by atoms with Gasteiger partial charge in [0.2, 0.25) is 11.8 Å². The number of hydrogen-bond donors (Lipinski definition) is 2. The summed E-state index contributed by atoms with van der Waals surface area (Å²) in [5, 5.41) is 6.01. The van der Waals surface area contributed by atoms with Crippen LogP contribution in [0.3, 0.4) is 0 Å². The standard InChI is InChI=1S/C22H38ClNO5Si.C22H38ClNO4Si/c1-20(2,3)30(5,6)29-17(15-10-8-7-9-11-15)22(19(26)27-4)21(14-28-21)16(12-13-23)18(25)24-22;1-15-17(13-14-23)19(25)24-22(15,20(26)27-5)18(16-11-9-8-10-12-16)28-29(6,7)21(2,3)4/h15-17H,7-14H2,1-6H3,(H,24,25);16-18H,1,8-14H2,2-7H3,(H,24,25)/t16-,17-,21-,22-;17-,18+,22+/m01/s1. The molecule has 338 valence electrons. The summed E-state index contributed by atoms with van der Waals surface area (Å²) in [4.78, 5) is 52.7. The molecule has 5 fully saturated rings. The first-order valence-corrected chi connectivity index (χ1v) is 28.9. The van der Waals surface area contributed by atoms with Gasteiger partial charge in [0, 0.05) is 11.8 Å². The lowest BCUT2D eigenvalue weighted by molar-refractivity contribution is -0.160. The zero-order valence-corrected chi connectivity index (χ0v) is 41.7. The molecule has 2 amide bonds. The Morgan fingerprint density at radius 3 is 1.59 bits per heavy atom. The molecule has 1 spiro atoms. The molecular weight excluding hydrogens is 828 g/mol. The van der Waals surface area contributed by atoms with E-state index in [0.29, 0.717) is 36.8 Å². The third kappa shape index (κ3) is 9.56. The Labute approximate surface area is 367 Å². The van der Waals surface area contributed by atoms with Gasteiger partial charge in [-0.1, -0.05) is 86.6 Å². The largest absolute Gasteiger partial charge is 0.467 e. The van der Waals surface area contributed by atoms with Crippen molar-refractivity contribution < 1.29 is 42.2 Å². The number of carbonyl (C=O) groups excluding carboxylic acids is 4. The molecule has 59 heavy (non-hydrogen) atoms. The van der Waals surface area contributed by atoms with E-state index in [4.69, 9.17) is 46.3 Å². The first-order chi connectivity index (χ1) is 27.4. The quantitative estimate of drug-likeness (QED) is 0.0575. The molecule has 0 bridgehead atoms. The number of carbonyl (C=O) groups is 4. The molecule has 3 saturated heterocycles. The van der Waals surface area contributed by atoms with Crippen LogP contribution in [-0.2, 0) is 42.2 Å². The molecule has 2 N–H and O–H groups in total. The molecule has 2 saturated carbocycles. The van der Waals surface area contributed by atoms with Gasteiger partial charge in [-0.15, -0.1) is 23.2 Å². The summed E-state index contributed by atoms with van der Waals surface area (Å²) in [5.41, 5.74) is -3.06. The molecule has 0 aromatic heterocycles. The van der Waals surface area contributed by atoms with E-state index in [1.807, 2.05) is 0 Å². The first-order valence-electron chi connectivity index (χ1n) is 22.0. The number of epoxide rings is 1. The Bertz CT molecular complexity index is 1530. The maximum Gasteiger partial charge on any atom is 0.338 e. The fourth-order valence-electron chi connectivity index (χ4n) is 9.53. The lowest BCUT2D eigenvalue weighted by atomic mass is 9.69. The summed E-state index contributed by atoms with van der Waals surface area (Å²) in [6, 6.07) is 0. The van der Waals surface area contributed by atoms with Crippen molar-refractivity contribution in [3.8, 4) is 0 Å². The van der Waals surface area contributed by atoms with Crippen molar-refractivity contribution in [2.75, 3.05) is 32.6 Å². The molecule has 5 aliphatic rings. The van der Waals surface area contributed by atoms with Gasteiger partial charge in [-0.25, -0.2) is 9.59 Å². The van der Waals surface area contributed by atoms with Crippen molar-refractivity contribution in [3.05, 3.63) is 12.2 Å². The lowest BCUT2D eigenvalue weighted by Crippen LogP contribution is -2.70. The molecule has 2 aliphatic carbocycles. The number of alkyl halides is 2. The van der Waals surface area contributed by atoms with Crippen LogP contribution in [0.1, 0.15) is 119 Å². The number of rotatable bonds is 14. The molecule has 0 radical (unpaired) electrons. The van der Waals surface area contributed by atoms with Crippen molar-refractivity contribution in [1.82, 2.24) is 10.6 Å². The van der Waals surface area contributed by atoms with Gasteiger partial charge in [-0.3, -0.25) is 9.59 Å². The number of ether oxygens (including phenoxy) is 3. The maximum atomic E-state index is 13.5. The predicted octanol–water partition coefficient (Wildman–Crippen LogP) is 8.81. The van der Waals surface area contributed by atoms with Crippen molar-refractivity contribution >= 4 is 63.6 Å². The summed E-state index contributed by atoms with van der Waals surface area (Å²) in [5.74, 6) is -1.31. The highest BCUT2D eigenvalue weighted by molar-refractivity contribution is 6.74. The molecule has 11 nitrogen and oxygen atoms in total. The number of hydrogen-bond acceptors (Lipinski definition) is 9. The molecule has 0 unspecified atom stereocenters.